The summed E-state index contributed by atoms with van der Waals surface area (Å²) >= 11 is 3.59. The molecule has 2 aromatic rings. The largest absolute Gasteiger partial charge is 0.294 e. The first-order valence-corrected chi connectivity index (χ1v) is 9.35. The van der Waals surface area contributed by atoms with Gasteiger partial charge in [-0.1, -0.05) is 52.3 Å². The number of halogens is 1. The van der Waals surface area contributed by atoms with Crippen molar-refractivity contribution in [2.45, 2.75) is 31.6 Å². The Kier molecular flexibility index (Phi) is 4.30. The van der Waals surface area contributed by atoms with Crippen molar-refractivity contribution in [1.82, 2.24) is 0 Å². The average molecular weight is 396 g/mol. The zero-order chi connectivity index (χ0) is 17.4. The van der Waals surface area contributed by atoms with Crippen LogP contribution in [-0.4, -0.2) is 11.7 Å². The van der Waals surface area contributed by atoms with Gasteiger partial charge < -0.3 is 0 Å². The van der Waals surface area contributed by atoms with Gasteiger partial charge >= 0.3 is 0 Å². The summed E-state index contributed by atoms with van der Waals surface area (Å²) in [5.41, 5.74) is 3.58. The van der Waals surface area contributed by atoms with E-state index in [1.807, 2.05) is 54.6 Å². The van der Waals surface area contributed by atoms with E-state index in [4.69, 9.17) is 0 Å². The molecule has 0 fully saturated rings. The van der Waals surface area contributed by atoms with Gasteiger partial charge in [0.2, 0.25) is 5.91 Å². The summed E-state index contributed by atoms with van der Waals surface area (Å²) in [7, 11) is 0. The topological polar surface area (TPSA) is 37.4 Å². The van der Waals surface area contributed by atoms with Crippen LogP contribution in [0, 0.1) is 0 Å². The summed E-state index contributed by atoms with van der Waals surface area (Å²) in [4.78, 5) is 27.6. The van der Waals surface area contributed by atoms with Gasteiger partial charge in [0, 0.05) is 40.2 Å². The van der Waals surface area contributed by atoms with Crippen molar-refractivity contribution in [1.29, 1.82) is 0 Å². The molecule has 0 radical (unpaired) electrons. The van der Waals surface area contributed by atoms with Crippen LogP contribution in [0.4, 0.5) is 5.69 Å². The van der Waals surface area contributed by atoms with Crippen LogP contribution < -0.4 is 4.90 Å². The van der Waals surface area contributed by atoms with E-state index < -0.39 is 0 Å². The van der Waals surface area contributed by atoms with Crippen LogP contribution >= 0.6 is 15.9 Å². The number of nitrogens with zero attached hydrogens (tertiary/aromatic N) is 1. The Morgan fingerprint density at radius 1 is 0.920 bits per heavy atom. The van der Waals surface area contributed by atoms with Crippen LogP contribution in [0.5, 0.6) is 0 Å². The Labute approximate surface area is 155 Å². The SMILES string of the molecule is O=C1CCCC2=C1C(c1ccccc1Br)CC(=O)N2c1ccccc1. The van der Waals surface area contributed by atoms with Crippen molar-refractivity contribution in [2.24, 2.45) is 0 Å². The first-order valence-electron chi connectivity index (χ1n) is 8.55. The number of para-hydroxylation sites is 1. The minimum atomic E-state index is -0.161. The van der Waals surface area contributed by atoms with E-state index in [0.29, 0.717) is 12.8 Å². The molecule has 3 nitrogen and oxygen atoms in total. The van der Waals surface area contributed by atoms with Crippen molar-refractivity contribution >= 4 is 33.3 Å². The summed E-state index contributed by atoms with van der Waals surface area (Å²) in [5.74, 6) is 0.0710. The van der Waals surface area contributed by atoms with Crippen LogP contribution in [0.1, 0.15) is 37.2 Å². The molecule has 1 atom stereocenters. The maximum atomic E-state index is 13.0. The van der Waals surface area contributed by atoms with Gasteiger partial charge in [-0.2, -0.15) is 0 Å². The molecule has 1 amide bonds. The summed E-state index contributed by atoms with van der Waals surface area (Å²) < 4.78 is 0.950. The molecule has 4 heteroatoms. The number of carbonyl (C=O) groups is 2. The molecule has 0 N–H and O–H groups in total. The molecule has 1 aliphatic heterocycles. The second-order valence-corrected chi connectivity index (χ2v) is 7.33. The predicted octanol–water partition coefficient (Wildman–Crippen LogP) is 4.98. The molecule has 0 spiro atoms. The molecule has 2 aliphatic rings. The monoisotopic (exact) mass is 395 g/mol. The number of ketones is 1. The van der Waals surface area contributed by atoms with Gasteiger partial charge in [0.1, 0.15) is 0 Å². The molecule has 1 aliphatic carbocycles. The van der Waals surface area contributed by atoms with Crippen LogP contribution in [0.3, 0.4) is 0 Å². The van der Waals surface area contributed by atoms with Gasteiger partial charge in [-0.25, -0.2) is 0 Å². The Balaban J connectivity index is 1.89. The first-order chi connectivity index (χ1) is 12.2. The van der Waals surface area contributed by atoms with Gasteiger partial charge in [-0.15, -0.1) is 0 Å². The Hall–Kier alpha value is -2.20. The molecule has 4 rings (SSSR count). The van der Waals surface area contributed by atoms with Gasteiger partial charge in [0.15, 0.2) is 5.78 Å². The second-order valence-electron chi connectivity index (χ2n) is 6.48. The smallest absolute Gasteiger partial charge is 0.232 e. The lowest BCUT2D eigenvalue weighted by Crippen LogP contribution is -2.40. The lowest BCUT2D eigenvalue weighted by molar-refractivity contribution is -0.119. The number of hydrogen-bond donors (Lipinski definition) is 0. The normalized spacial score (nSPS) is 20.7. The van der Waals surface area contributed by atoms with Gasteiger partial charge in [0.05, 0.1) is 0 Å². The van der Waals surface area contributed by atoms with Crippen molar-refractivity contribution in [2.75, 3.05) is 4.90 Å². The van der Waals surface area contributed by atoms with E-state index in [2.05, 4.69) is 15.9 Å². The lowest BCUT2D eigenvalue weighted by Gasteiger charge is -2.38. The number of Topliss-reactive ketones (excluding diaryl/α,β-unsaturated/α-hetero) is 1. The van der Waals surface area contributed by atoms with Crippen molar-refractivity contribution < 1.29 is 9.59 Å². The van der Waals surface area contributed by atoms with Crippen LogP contribution in [-0.2, 0) is 9.59 Å². The van der Waals surface area contributed by atoms with E-state index in [1.165, 1.54) is 0 Å². The fourth-order valence-corrected chi connectivity index (χ4v) is 4.45. The van der Waals surface area contributed by atoms with Crippen LogP contribution in [0.2, 0.25) is 0 Å². The van der Waals surface area contributed by atoms with Crippen LogP contribution in [0.25, 0.3) is 0 Å². The van der Waals surface area contributed by atoms with E-state index >= 15 is 0 Å². The summed E-state index contributed by atoms with van der Waals surface area (Å²) in [6.45, 7) is 0. The standard InChI is InChI=1S/C21H18BrNO2/c22-17-10-5-4-9-15(17)16-13-20(25)23(14-7-2-1-3-8-14)18-11-6-12-19(24)21(16)18/h1-5,7-10,16H,6,11-13H2. The molecule has 25 heavy (non-hydrogen) atoms. The molecule has 1 heterocycles. The van der Waals surface area contributed by atoms with E-state index in [9.17, 15) is 9.59 Å². The molecule has 0 bridgehead atoms. The van der Waals surface area contributed by atoms with Crippen molar-refractivity contribution in [3.8, 4) is 0 Å². The third-order valence-electron chi connectivity index (χ3n) is 4.97. The molecule has 0 aromatic heterocycles. The summed E-state index contributed by atoms with van der Waals surface area (Å²) in [6, 6.07) is 17.5. The Bertz CT molecular complexity index is 872. The molecule has 126 valence electrons. The van der Waals surface area contributed by atoms with E-state index in [-0.39, 0.29) is 17.6 Å². The number of rotatable bonds is 2. The minimum Gasteiger partial charge on any atom is -0.294 e. The first kappa shape index (κ1) is 16.3. The van der Waals surface area contributed by atoms with Gasteiger partial charge in [-0.05, 0) is 36.6 Å². The highest BCUT2D eigenvalue weighted by Gasteiger charge is 2.40. The van der Waals surface area contributed by atoms with Crippen molar-refractivity contribution in [3.05, 3.63) is 75.9 Å². The Morgan fingerprint density at radius 2 is 1.64 bits per heavy atom. The highest BCUT2D eigenvalue weighted by atomic mass is 79.9. The second kappa shape index (κ2) is 6.60. The quantitative estimate of drug-likeness (QED) is 0.718. The maximum absolute atomic E-state index is 13.0. The maximum Gasteiger partial charge on any atom is 0.232 e. The molecular formula is C21H18BrNO2. The zero-order valence-corrected chi connectivity index (χ0v) is 15.3. The van der Waals surface area contributed by atoms with Crippen molar-refractivity contribution in [3.63, 3.8) is 0 Å². The third-order valence-corrected chi connectivity index (χ3v) is 5.69. The van der Waals surface area contributed by atoms with Gasteiger partial charge in [0.25, 0.3) is 0 Å². The summed E-state index contributed by atoms with van der Waals surface area (Å²) in [6.07, 6.45) is 2.46. The minimum absolute atomic E-state index is 0.0559. The number of amides is 1. The van der Waals surface area contributed by atoms with Gasteiger partial charge in [-0.3, -0.25) is 14.5 Å². The predicted molar refractivity (Wildman–Crippen MR) is 101 cm³/mol. The average Bonchev–Trinajstić information content (AvgIpc) is 2.62. The molecule has 1 unspecified atom stereocenters. The zero-order valence-electron chi connectivity index (χ0n) is 13.7. The highest BCUT2D eigenvalue weighted by Crippen LogP contribution is 2.44. The van der Waals surface area contributed by atoms with E-state index in [1.54, 1.807) is 4.90 Å². The fourth-order valence-electron chi connectivity index (χ4n) is 3.89. The van der Waals surface area contributed by atoms with E-state index in [0.717, 1.165) is 39.8 Å². The number of benzene rings is 2. The fraction of sp³-hybridized carbons (Fsp3) is 0.238. The summed E-state index contributed by atoms with van der Waals surface area (Å²) in [5, 5.41) is 0. The number of carbonyl (C=O) groups excluding carboxylic acids is 2. The molecular weight excluding hydrogens is 378 g/mol. The number of anilines is 1. The number of allylic oxidation sites excluding steroid dienone is 2. The number of hydrogen-bond acceptors (Lipinski definition) is 2. The molecule has 0 saturated carbocycles. The lowest BCUT2D eigenvalue weighted by atomic mass is 9.77. The molecule has 2 aromatic carbocycles. The van der Waals surface area contributed by atoms with Crippen LogP contribution in [0.15, 0.2) is 70.3 Å². The molecule has 0 saturated heterocycles. The Morgan fingerprint density at radius 3 is 2.40 bits per heavy atom. The third kappa shape index (κ3) is 2.85. The highest BCUT2D eigenvalue weighted by molar-refractivity contribution is 9.10.